The van der Waals surface area contributed by atoms with Crippen LogP contribution in [0, 0.1) is 13.8 Å². The van der Waals surface area contributed by atoms with E-state index in [0.29, 0.717) is 0 Å². The van der Waals surface area contributed by atoms with Crippen molar-refractivity contribution in [1.29, 1.82) is 0 Å². The van der Waals surface area contributed by atoms with Gasteiger partial charge in [0.05, 0.1) is 23.0 Å². The van der Waals surface area contributed by atoms with Gasteiger partial charge in [-0.1, -0.05) is 41.2 Å². The molecule has 110 valence electrons. The normalized spacial score (nSPS) is 11.4. The van der Waals surface area contributed by atoms with Gasteiger partial charge in [0.25, 0.3) is 0 Å². The lowest BCUT2D eigenvalue weighted by Gasteiger charge is -2.02. The number of aryl methyl sites for hydroxylation is 2. The number of benzene rings is 2. The fraction of sp³-hybridized carbons (Fsp3) is 0.167. The van der Waals surface area contributed by atoms with Crippen molar-refractivity contribution in [2.75, 3.05) is 7.11 Å². The van der Waals surface area contributed by atoms with Crippen LogP contribution in [-0.2, 0) is 0 Å². The van der Waals surface area contributed by atoms with Crippen molar-refractivity contribution < 1.29 is 4.74 Å². The topological polar surface area (TPSA) is 26.5 Å². The number of hydrogen-bond acceptors (Lipinski definition) is 3. The lowest BCUT2D eigenvalue weighted by molar-refractivity contribution is 0.415. The number of thiazole rings is 1. The smallest absolute Gasteiger partial charge is 0.195 e. The summed E-state index contributed by atoms with van der Waals surface area (Å²) in [6, 6.07) is 14.7. The molecule has 0 aliphatic heterocycles. The molecule has 0 saturated heterocycles. The first kappa shape index (κ1) is 13.3. The van der Waals surface area contributed by atoms with Gasteiger partial charge >= 0.3 is 0 Å². The van der Waals surface area contributed by atoms with Gasteiger partial charge in [-0.25, -0.2) is 4.98 Å². The number of aromatic nitrogens is 2. The van der Waals surface area contributed by atoms with Crippen molar-refractivity contribution in [1.82, 2.24) is 9.38 Å². The molecule has 0 N–H and O–H groups in total. The molecule has 0 radical (unpaired) electrons. The van der Waals surface area contributed by atoms with E-state index in [1.54, 1.807) is 18.4 Å². The SMILES string of the molecule is COc1ccc2c(c1)sc1nc(-c3ccc(C)cc3)c(C)n12. The number of fused-ring (bicyclic) bond motifs is 3. The Hall–Kier alpha value is -2.33. The first-order valence-electron chi connectivity index (χ1n) is 7.20. The van der Waals surface area contributed by atoms with Gasteiger partial charge in [-0.3, -0.25) is 4.40 Å². The summed E-state index contributed by atoms with van der Waals surface area (Å²) in [5, 5.41) is 0. The Kier molecular flexibility index (Phi) is 2.94. The molecule has 0 aliphatic carbocycles. The monoisotopic (exact) mass is 308 g/mol. The van der Waals surface area contributed by atoms with E-state index in [4.69, 9.17) is 9.72 Å². The van der Waals surface area contributed by atoms with Gasteiger partial charge in [0.1, 0.15) is 5.75 Å². The van der Waals surface area contributed by atoms with Crippen LogP contribution < -0.4 is 4.74 Å². The zero-order valence-corrected chi connectivity index (χ0v) is 13.6. The highest BCUT2D eigenvalue weighted by Gasteiger charge is 2.15. The van der Waals surface area contributed by atoms with Crippen molar-refractivity contribution in [3.8, 4) is 17.0 Å². The van der Waals surface area contributed by atoms with Gasteiger partial charge < -0.3 is 4.74 Å². The minimum atomic E-state index is 0.883. The molecule has 2 heterocycles. The minimum absolute atomic E-state index is 0.883. The van der Waals surface area contributed by atoms with E-state index in [1.807, 2.05) is 6.07 Å². The van der Waals surface area contributed by atoms with Crippen molar-refractivity contribution in [3.63, 3.8) is 0 Å². The Morgan fingerprint density at radius 2 is 1.82 bits per heavy atom. The molecule has 0 unspecified atom stereocenters. The van der Waals surface area contributed by atoms with E-state index in [2.05, 4.69) is 54.6 Å². The second-order valence-electron chi connectivity index (χ2n) is 5.47. The number of rotatable bonds is 2. The summed E-state index contributed by atoms with van der Waals surface area (Å²) in [5.41, 5.74) is 5.85. The van der Waals surface area contributed by atoms with E-state index >= 15 is 0 Å². The fourth-order valence-electron chi connectivity index (χ4n) is 2.80. The molecule has 4 aromatic rings. The molecule has 22 heavy (non-hydrogen) atoms. The highest BCUT2D eigenvalue weighted by Crippen LogP contribution is 2.34. The number of imidazole rings is 1. The lowest BCUT2D eigenvalue weighted by Crippen LogP contribution is -1.87. The van der Waals surface area contributed by atoms with Crippen LogP contribution in [0.25, 0.3) is 26.4 Å². The molecule has 4 heteroatoms. The summed E-state index contributed by atoms with van der Waals surface area (Å²) in [4.78, 5) is 5.87. The molecule has 0 saturated carbocycles. The zero-order valence-electron chi connectivity index (χ0n) is 12.8. The maximum absolute atomic E-state index is 5.31. The molecule has 0 bridgehead atoms. The van der Waals surface area contributed by atoms with E-state index in [9.17, 15) is 0 Å². The maximum atomic E-state index is 5.31. The highest BCUT2D eigenvalue weighted by atomic mass is 32.1. The van der Waals surface area contributed by atoms with Crippen LogP contribution >= 0.6 is 11.3 Å². The Bertz CT molecular complexity index is 980. The van der Waals surface area contributed by atoms with Crippen LogP contribution in [0.15, 0.2) is 42.5 Å². The Morgan fingerprint density at radius 3 is 2.55 bits per heavy atom. The van der Waals surface area contributed by atoms with Gasteiger partial charge in [-0.15, -0.1) is 0 Å². The summed E-state index contributed by atoms with van der Waals surface area (Å²) in [5.74, 6) is 0.883. The van der Waals surface area contributed by atoms with Crippen molar-refractivity contribution in [2.24, 2.45) is 0 Å². The van der Waals surface area contributed by atoms with Gasteiger partial charge in [-0.2, -0.15) is 0 Å². The van der Waals surface area contributed by atoms with Crippen LogP contribution in [0.4, 0.5) is 0 Å². The third kappa shape index (κ3) is 1.91. The first-order chi connectivity index (χ1) is 10.7. The third-order valence-corrected chi connectivity index (χ3v) is 5.01. The third-order valence-electron chi connectivity index (χ3n) is 4.01. The molecule has 0 aliphatic rings. The summed E-state index contributed by atoms with van der Waals surface area (Å²) >= 11 is 1.70. The summed E-state index contributed by atoms with van der Waals surface area (Å²) in [7, 11) is 1.70. The number of hydrogen-bond donors (Lipinski definition) is 0. The average Bonchev–Trinajstić information content (AvgIpc) is 3.04. The predicted molar refractivity (Wildman–Crippen MR) is 92.0 cm³/mol. The standard InChI is InChI=1S/C18H16N2OS/c1-11-4-6-13(7-5-11)17-12(2)20-15-9-8-14(21-3)10-16(15)22-18(20)19-17/h4-10H,1-3H3. The molecule has 0 fully saturated rings. The first-order valence-corrected chi connectivity index (χ1v) is 8.01. The van der Waals surface area contributed by atoms with Crippen LogP contribution in [-0.4, -0.2) is 16.5 Å². The maximum Gasteiger partial charge on any atom is 0.195 e. The molecule has 3 nitrogen and oxygen atoms in total. The van der Waals surface area contributed by atoms with Gasteiger partial charge in [0, 0.05) is 11.3 Å². The number of nitrogens with zero attached hydrogens (tertiary/aromatic N) is 2. The Morgan fingerprint density at radius 1 is 1.05 bits per heavy atom. The molecule has 2 aromatic carbocycles. The number of methoxy groups -OCH3 is 1. The average molecular weight is 308 g/mol. The van der Waals surface area contributed by atoms with Gasteiger partial charge in [0.2, 0.25) is 0 Å². The summed E-state index contributed by atoms with van der Waals surface area (Å²) < 4.78 is 8.73. The van der Waals surface area contributed by atoms with Crippen LogP contribution in [0.1, 0.15) is 11.3 Å². The Labute approximate surface area is 132 Å². The fourth-order valence-corrected chi connectivity index (χ4v) is 3.90. The zero-order chi connectivity index (χ0) is 15.3. The van der Waals surface area contributed by atoms with Crippen LogP contribution in [0.2, 0.25) is 0 Å². The summed E-state index contributed by atoms with van der Waals surface area (Å²) in [6.07, 6.45) is 0. The van der Waals surface area contributed by atoms with Crippen LogP contribution in [0.5, 0.6) is 5.75 Å². The number of ether oxygens (including phenoxy) is 1. The molecule has 2 aromatic heterocycles. The molecular formula is C18H16N2OS. The van der Waals surface area contributed by atoms with Crippen molar-refractivity contribution >= 4 is 26.5 Å². The van der Waals surface area contributed by atoms with E-state index in [-0.39, 0.29) is 0 Å². The minimum Gasteiger partial charge on any atom is -0.497 e. The van der Waals surface area contributed by atoms with Crippen molar-refractivity contribution in [2.45, 2.75) is 13.8 Å². The van der Waals surface area contributed by atoms with Gasteiger partial charge in [-0.05, 0) is 32.0 Å². The molecule has 0 atom stereocenters. The van der Waals surface area contributed by atoms with Gasteiger partial charge in [0.15, 0.2) is 4.96 Å². The van der Waals surface area contributed by atoms with Crippen LogP contribution in [0.3, 0.4) is 0 Å². The van der Waals surface area contributed by atoms with E-state index in [1.165, 1.54) is 27.0 Å². The molecule has 0 amide bonds. The van der Waals surface area contributed by atoms with E-state index in [0.717, 1.165) is 16.4 Å². The Balaban J connectivity index is 1.96. The second-order valence-corrected chi connectivity index (χ2v) is 6.47. The molecular weight excluding hydrogens is 292 g/mol. The largest absolute Gasteiger partial charge is 0.497 e. The highest BCUT2D eigenvalue weighted by molar-refractivity contribution is 7.23. The quantitative estimate of drug-likeness (QED) is 0.529. The van der Waals surface area contributed by atoms with E-state index < -0.39 is 0 Å². The second kappa shape index (κ2) is 4.85. The molecule has 0 spiro atoms. The molecule has 4 rings (SSSR count). The lowest BCUT2D eigenvalue weighted by atomic mass is 10.1. The van der Waals surface area contributed by atoms with Crippen molar-refractivity contribution in [3.05, 3.63) is 53.7 Å². The summed E-state index contributed by atoms with van der Waals surface area (Å²) in [6.45, 7) is 4.23. The predicted octanol–water partition coefficient (Wildman–Crippen LogP) is 4.84.